The maximum Gasteiger partial charge on any atom is 0.170 e. The minimum Gasteiger partial charge on any atom is -0.326 e. The Morgan fingerprint density at radius 3 is 2.50 bits per heavy atom. The standard InChI is InChI=1S/C25H18N6S/c26-12-16-6-8-18(9-7-16)24-21(17-4-2-1-3-5-17)22(20-13-32-15-27-20)23-19(29-24)10-11-31-14-28-30-25(23)31/h1-11,13-15H,12,26H2. The highest BCUT2D eigenvalue weighted by Gasteiger charge is 2.23. The molecule has 0 fully saturated rings. The van der Waals surface area contributed by atoms with Crippen LogP contribution in [0.25, 0.3) is 50.2 Å². The molecule has 0 aliphatic heterocycles. The van der Waals surface area contributed by atoms with Crippen molar-refractivity contribution in [3.63, 3.8) is 0 Å². The second-order valence-corrected chi connectivity index (χ2v) is 8.21. The van der Waals surface area contributed by atoms with Gasteiger partial charge in [0.15, 0.2) is 5.65 Å². The van der Waals surface area contributed by atoms with Crippen molar-refractivity contribution in [2.75, 3.05) is 0 Å². The van der Waals surface area contributed by atoms with Gasteiger partial charge in [-0.3, -0.25) is 4.40 Å². The molecule has 0 radical (unpaired) electrons. The van der Waals surface area contributed by atoms with Gasteiger partial charge in [0, 0.05) is 34.8 Å². The van der Waals surface area contributed by atoms with E-state index in [1.807, 2.05) is 40.4 Å². The van der Waals surface area contributed by atoms with E-state index in [1.165, 1.54) is 0 Å². The highest BCUT2D eigenvalue weighted by molar-refractivity contribution is 7.07. The fourth-order valence-corrected chi connectivity index (χ4v) is 4.66. The first-order chi connectivity index (χ1) is 15.8. The monoisotopic (exact) mass is 434 g/mol. The number of thiazole rings is 1. The van der Waals surface area contributed by atoms with Crippen LogP contribution in [0.15, 0.2) is 84.1 Å². The Hall–Kier alpha value is -3.94. The zero-order chi connectivity index (χ0) is 21.5. The minimum absolute atomic E-state index is 0.506. The van der Waals surface area contributed by atoms with E-state index in [-0.39, 0.29) is 0 Å². The topological polar surface area (TPSA) is 82.0 Å². The van der Waals surface area contributed by atoms with Gasteiger partial charge < -0.3 is 5.73 Å². The van der Waals surface area contributed by atoms with Crippen LogP contribution in [0, 0.1) is 0 Å². The zero-order valence-electron chi connectivity index (χ0n) is 17.0. The van der Waals surface area contributed by atoms with Crippen LogP contribution >= 0.6 is 11.3 Å². The number of pyridine rings is 2. The van der Waals surface area contributed by atoms with Crippen LogP contribution in [-0.2, 0) is 6.54 Å². The Morgan fingerprint density at radius 2 is 1.75 bits per heavy atom. The van der Waals surface area contributed by atoms with Crippen molar-refractivity contribution in [1.29, 1.82) is 0 Å². The molecule has 0 unspecified atom stereocenters. The predicted molar refractivity (Wildman–Crippen MR) is 128 cm³/mol. The number of nitrogens with zero attached hydrogens (tertiary/aromatic N) is 5. The van der Waals surface area contributed by atoms with Gasteiger partial charge in [0.2, 0.25) is 0 Å². The Bertz CT molecular complexity index is 1540. The van der Waals surface area contributed by atoms with Gasteiger partial charge >= 0.3 is 0 Å². The third kappa shape index (κ3) is 2.98. The third-order valence-corrected chi connectivity index (χ3v) is 6.22. The number of benzene rings is 2. The fraction of sp³-hybridized carbons (Fsp3) is 0.0400. The molecule has 7 heteroatoms. The highest BCUT2D eigenvalue weighted by atomic mass is 32.1. The van der Waals surface area contributed by atoms with Crippen molar-refractivity contribution in [3.05, 3.63) is 89.6 Å². The summed E-state index contributed by atoms with van der Waals surface area (Å²) < 4.78 is 1.92. The summed E-state index contributed by atoms with van der Waals surface area (Å²) in [4.78, 5) is 9.83. The molecule has 154 valence electrons. The molecule has 0 amide bonds. The van der Waals surface area contributed by atoms with Crippen molar-refractivity contribution < 1.29 is 0 Å². The lowest BCUT2D eigenvalue weighted by atomic mass is 9.90. The van der Waals surface area contributed by atoms with E-state index in [2.05, 4.69) is 52.0 Å². The van der Waals surface area contributed by atoms with Crippen LogP contribution in [0.2, 0.25) is 0 Å². The molecule has 0 spiro atoms. The van der Waals surface area contributed by atoms with E-state index in [1.54, 1.807) is 17.7 Å². The van der Waals surface area contributed by atoms with Crippen molar-refractivity contribution in [1.82, 2.24) is 24.6 Å². The van der Waals surface area contributed by atoms with Crippen LogP contribution in [-0.4, -0.2) is 24.6 Å². The average Bonchev–Trinajstić information content (AvgIpc) is 3.55. The molecule has 0 saturated heterocycles. The maximum atomic E-state index is 5.83. The molecule has 4 heterocycles. The second kappa shape index (κ2) is 7.64. The SMILES string of the molecule is NCc1ccc(-c2nc3ccn4cnnc4c3c(-c3cscn3)c2-c2ccccc2)cc1. The molecule has 0 aliphatic carbocycles. The van der Waals surface area contributed by atoms with Gasteiger partial charge in [-0.25, -0.2) is 9.97 Å². The van der Waals surface area contributed by atoms with Gasteiger partial charge in [0.25, 0.3) is 0 Å². The molecule has 0 atom stereocenters. The van der Waals surface area contributed by atoms with E-state index < -0.39 is 0 Å². The summed E-state index contributed by atoms with van der Waals surface area (Å²) in [5.74, 6) is 0. The van der Waals surface area contributed by atoms with Gasteiger partial charge in [-0.05, 0) is 17.2 Å². The van der Waals surface area contributed by atoms with Crippen LogP contribution in [0.1, 0.15) is 5.56 Å². The second-order valence-electron chi connectivity index (χ2n) is 7.49. The lowest BCUT2D eigenvalue weighted by Gasteiger charge is -2.17. The van der Waals surface area contributed by atoms with Crippen molar-refractivity contribution in [3.8, 4) is 33.6 Å². The minimum atomic E-state index is 0.506. The van der Waals surface area contributed by atoms with Crippen molar-refractivity contribution >= 4 is 27.9 Å². The summed E-state index contributed by atoms with van der Waals surface area (Å²) in [6, 6.07) is 20.6. The molecule has 32 heavy (non-hydrogen) atoms. The first-order valence-corrected chi connectivity index (χ1v) is 11.2. The molecule has 6 rings (SSSR count). The van der Waals surface area contributed by atoms with E-state index in [0.29, 0.717) is 6.54 Å². The number of hydrogen-bond donors (Lipinski definition) is 1. The lowest BCUT2D eigenvalue weighted by molar-refractivity contribution is 1.07. The number of fused-ring (bicyclic) bond motifs is 3. The van der Waals surface area contributed by atoms with Crippen LogP contribution in [0.3, 0.4) is 0 Å². The zero-order valence-corrected chi connectivity index (χ0v) is 17.8. The van der Waals surface area contributed by atoms with Gasteiger partial charge in [0.05, 0.1) is 27.8 Å². The van der Waals surface area contributed by atoms with E-state index in [9.17, 15) is 0 Å². The predicted octanol–water partition coefficient (Wildman–Crippen LogP) is 5.19. The normalized spacial score (nSPS) is 11.4. The molecule has 0 saturated carbocycles. The molecular formula is C25H18N6S. The highest BCUT2D eigenvalue weighted by Crippen LogP contribution is 2.43. The smallest absolute Gasteiger partial charge is 0.170 e. The van der Waals surface area contributed by atoms with Gasteiger partial charge in [0.1, 0.15) is 6.33 Å². The molecule has 2 aromatic carbocycles. The number of hydrogen-bond acceptors (Lipinski definition) is 6. The fourth-order valence-electron chi connectivity index (χ4n) is 4.12. The maximum absolute atomic E-state index is 5.83. The molecular weight excluding hydrogens is 416 g/mol. The Kier molecular flexibility index (Phi) is 4.49. The van der Waals surface area contributed by atoms with E-state index >= 15 is 0 Å². The van der Waals surface area contributed by atoms with Gasteiger partial charge in [-0.2, -0.15) is 0 Å². The third-order valence-electron chi connectivity index (χ3n) is 5.63. The lowest BCUT2D eigenvalue weighted by Crippen LogP contribution is -1.99. The van der Waals surface area contributed by atoms with E-state index in [0.717, 1.165) is 55.8 Å². The summed E-state index contributed by atoms with van der Waals surface area (Å²) >= 11 is 1.57. The molecule has 0 bridgehead atoms. The molecule has 6 aromatic rings. The van der Waals surface area contributed by atoms with Gasteiger partial charge in [-0.1, -0.05) is 54.6 Å². The molecule has 4 aromatic heterocycles. The largest absolute Gasteiger partial charge is 0.326 e. The first-order valence-electron chi connectivity index (χ1n) is 10.2. The Labute approximate surface area is 188 Å². The summed E-state index contributed by atoms with van der Waals surface area (Å²) in [7, 11) is 0. The molecule has 0 aliphatic rings. The van der Waals surface area contributed by atoms with Crippen molar-refractivity contribution in [2.24, 2.45) is 5.73 Å². The average molecular weight is 435 g/mol. The van der Waals surface area contributed by atoms with Crippen LogP contribution < -0.4 is 5.73 Å². The summed E-state index contributed by atoms with van der Waals surface area (Å²) in [6.45, 7) is 0.506. The number of aromatic nitrogens is 5. The number of nitrogens with two attached hydrogens (primary N) is 1. The Balaban J connectivity index is 1.81. The molecule has 6 nitrogen and oxygen atoms in total. The van der Waals surface area contributed by atoms with E-state index in [4.69, 9.17) is 15.7 Å². The van der Waals surface area contributed by atoms with Crippen molar-refractivity contribution in [2.45, 2.75) is 6.54 Å². The summed E-state index contributed by atoms with van der Waals surface area (Å²) in [5.41, 5.74) is 16.3. The first kappa shape index (κ1) is 18.8. The van der Waals surface area contributed by atoms with Crippen LogP contribution in [0.4, 0.5) is 0 Å². The quantitative estimate of drug-likeness (QED) is 0.413. The molecule has 2 N–H and O–H groups in total. The Morgan fingerprint density at radius 1 is 0.906 bits per heavy atom. The summed E-state index contributed by atoms with van der Waals surface area (Å²) in [5, 5.41) is 11.6. The van der Waals surface area contributed by atoms with Crippen LogP contribution in [0.5, 0.6) is 0 Å². The number of rotatable bonds is 4. The summed E-state index contributed by atoms with van der Waals surface area (Å²) in [6.07, 6.45) is 3.65. The van der Waals surface area contributed by atoms with Gasteiger partial charge in [-0.15, -0.1) is 21.5 Å².